The van der Waals surface area contributed by atoms with Crippen LogP contribution in [0.3, 0.4) is 0 Å². The Kier molecular flexibility index (Phi) is 3.64. The Morgan fingerprint density at radius 3 is 3.08 bits per heavy atom. The van der Waals surface area contributed by atoms with Crippen molar-refractivity contribution in [2.24, 2.45) is 0 Å². The normalized spacial score (nSPS) is 21.8. The molecule has 0 aromatic heterocycles. The van der Waals surface area contributed by atoms with Crippen molar-refractivity contribution in [1.82, 2.24) is 5.32 Å². The lowest BCUT2D eigenvalue weighted by Gasteiger charge is -2.19. The molecule has 1 aliphatic heterocycles. The summed E-state index contributed by atoms with van der Waals surface area (Å²) in [5.74, 6) is -0.693. The van der Waals surface area contributed by atoms with Gasteiger partial charge >= 0.3 is 5.97 Å². The number of hydrogen-bond acceptors (Lipinski definition) is 2. The van der Waals surface area contributed by atoms with Gasteiger partial charge in [-0.15, -0.1) is 0 Å². The fraction of sp³-hybridized carbons (Fsp3) is 0.667. The van der Waals surface area contributed by atoms with Crippen LogP contribution < -0.4 is 5.32 Å². The van der Waals surface area contributed by atoms with Gasteiger partial charge in [0.15, 0.2) is 0 Å². The van der Waals surface area contributed by atoms with Crippen molar-refractivity contribution in [2.45, 2.75) is 38.1 Å². The van der Waals surface area contributed by atoms with Crippen LogP contribution in [0, 0.1) is 0 Å². The van der Waals surface area contributed by atoms with Crippen LogP contribution >= 0.6 is 0 Å². The summed E-state index contributed by atoms with van der Waals surface area (Å²) in [6, 6.07) is 0.495. The summed E-state index contributed by atoms with van der Waals surface area (Å²) in [6.45, 7) is 0. The van der Waals surface area contributed by atoms with Gasteiger partial charge in [0.25, 0.3) is 0 Å². The highest BCUT2D eigenvalue weighted by atomic mass is 16.4. The van der Waals surface area contributed by atoms with Crippen molar-refractivity contribution in [3.8, 4) is 0 Å². The van der Waals surface area contributed by atoms with E-state index >= 15 is 0 Å². The molecule has 1 heterocycles. The Morgan fingerprint density at radius 1 is 1.67 bits per heavy atom. The largest absolute Gasteiger partial charge is 0.481 e. The number of hydrogen-bond donors (Lipinski definition) is 2. The van der Waals surface area contributed by atoms with E-state index in [4.69, 9.17) is 5.11 Å². The molecule has 1 atom stereocenters. The lowest BCUT2D eigenvalue weighted by atomic mass is 10.0. The Hall–Kier alpha value is -0.990. The van der Waals surface area contributed by atoms with E-state index in [0.717, 1.165) is 25.7 Å². The quantitative estimate of drug-likeness (QED) is 0.670. The van der Waals surface area contributed by atoms with Gasteiger partial charge in [-0.1, -0.05) is 6.08 Å². The summed E-state index contributed by atoms with van der Waals surface area (Å²) >= 11 is 0. The van der Waals surface area contributed by atoms with E-state index in [0.29, 0.717) is 12.5 Å². The zero-order valence-corrected chi connectivity index (χ0v) is 7.12. The van der Waals surface area contributed by atoms with E-state index in [2.05, 4.69) is 11.4 Å². The highest BCUT2D eigenvalue weighted by molar-refractivity contribution is 5.66. The van der Waals surface area contributed by atoms with Gasteiger partial charge in [-0.25, -0.2) is 0 Å². The molecular weight excluding hydrogens is 154 g/mol. The van der Waals surface area contributed by atoms with Gasteiger partial charge < -0.3 is 10.4 Å². The minimum Gasteiger partial charge on any atom is -0.481 e. The van der Waals surface area contributed by atoms with Crippen LogP contribution in [0.2, 0.25) is 0 Å². The summed E-state index contributed by atoms with van der Waals surface area (Å²) in [6.07, 6.45) is 8.36. The fourth-order valence-electron chi connectivity index (χ4n) is 1.40. The molecule has 0 fully saturated rings. The van der Waals surface area contributed by atoms with Crippen LogP contribution in [-0.4, -0.2) is 17.1 Å². The Morgan fingerprint density at radius 2 is 2.50 bits per heavy atom. The zero-order chi connectivity index (χ0) is 8.81. The number of carbonyl (C=O) groups is 1. The first-order chi connectivity index (χ1) is 5.79. The maximum Gasteiger partial charge on any atom is 0.303 e. The Balaban J connectivity index is 2.06. The molecular formula is C9H15NO2. The van der Waals surface area contributed by atoms with Gasteiger partial charge in [0.1, 0.15) is 0 Å². The van der Waals surface area contributed by atoms with Crippen LogP contribution in [0.5, 0.6) is 0 Å². The topological polar surface area (TPSA) is 49.3 Å². The highest BCUT2D eigenvalue weighted by Gasteiger charge is 2.08. The molecule has 0 saturated carbocycles. The second-order valence-corrected chi connectivity index (χ2v) is 3.13. The van der Waals surface area contributed by atoms with Crippen LogP contribution in [0.1, 0.15) is 32.1 Å². The molecule has 2 N–H and O–H groups in total. The third-order valence-corrected chi connectivity index (χ3v) is 2.07. The van der Waals surface area contributed by atoms with E-state index in [1.807, 2.05) is 6.20 Å². The lowest BCUT2D eigenvalue weighted by molar-refractivity contribution is -0.137. The van der Waals surface area contributed by atoms with Crippen molar-refractivity contribution in [1.29, 1.82) is 0 Å². The maximum atomic E-state index is 10.2. The van der Waals surface area contributed by atoms with Gasteiger partial charge in [-0.3, -0.25) is 4.79 Å². The number of allylic oxidation sites excluding steroid dienone is 1. The maximum absolute atomic E-state index is 10.2. The van der Waals surface area contributed by atoms with Crippen molar-refractivity contribution >= 4 is 5.97 Å². The minimum atomic E-state index is -0.693. The molecule has 12 heavy (non-hydrogen) atoms. The minimum absolute atomic E-state index is 0.294. The molecule has 0 aliphatic carbocycles. The first-order valence-corrected chi connectivity index (χ1v) is 4.42. The molecule has 1 aliphatic rings. The van der Waals surface area contributed by atoms with Crippen molar-refractivity contribution in [3.63, 3.8) is 0 Å². The standard InChI is InChI=1S/C9H15NO2/c11-9(12)6-3-5-8-4-1-2-7-10-8/h2,7-8,10H,1,3-6H2,(H,11,12). The highest BCUT2D eigenvalue weighted by Crippen LogP contribution is 2.10. The van der Waals surface area contributed by atoms with E-state index in [1.165, 1.54) is 0 Å². The first kappa shape index (κ1) is 9.10. The van der Waals surface area contributed by atoms with E-state index in [1.54, 1.807) is 0 Å². The molecule has 3 nitrogen and oxygen atoms in total. The van der Waals surface area contributed by atoms with Gasteiger partial charge in [0.2, 0.25) is 0 Å². The number of aliphatic carboxylic acids is 1. The fourth-order valence-corrected chi connectivity index (χ4v) is 1.40. The molecule has 0 spiro atoms. The molecule has 1 rings (SSSR count). The zero-order valence-electron chi connectivity index (χ0n) is 7.12. The molecule has 0 aromatic rings. The SMILES string of the molecule is O=C(O)CCCC1CCC=CN1. The number of rotatable bonds is 4. The lowest BCUT2D eigenvalue weighted by Crippen LogP contribution is -2.26. The van der Waals surface area contributed by atoms with Crippen LogP contribution in [0.25, 0.3) is 0 Å². The van der Waals surface area contributed by atoms with Gasteiger partial charge in [-0.05, 0) is 31.9 Å². The number of nitrogens with one attached hydrogen (secondary N) is 1. The van der Waals surface area contributed by atoms with E-state index in [9.17, 15) is 4.79 Å². The van der Waals surface area contributed by atoms with Gasteiger partial charge in [0.05, 0.1) is 0 Å². The molecule has 0 saturated heterocycles. The van der Waals surface area contributed by atoms with Crippen LogP contribution in [-0.2, 0) is 4.79 Å². The van der Waals surface area contributed by atoms with Gasteiger partial charge in [-0.2, -0.15) is 0 Å². The summed E-state index contributed by atoms with van der Waals surface area (Å²) in [5.41, 5.74) is 0. The molecule has 68 valence electrons. The summed E-state index contributed by atoms with van der Waals surface area (Å²) in [7, 11) is 0. The van der Waals surface area contributed by atoms with Gasteiger partial charge in [0, 0.05) is 12.5 Å². The van der Waals surface area contributed by atoms with E-state index in [-0.39, 0.29) is 0 Å². The number of carboxylic acid groups (broad SMARTS) is 1. The first-order valence-electron chi connectivity index (χ1n) is 4.42. The third-order valence-electron chi connectivity index (χ3n) is 2.07. The molecule has 0 radical (unpaired) electrons. The predicted octanol–water partition coefficient (Wildman–Crippen LogP) is 1.51. The Bertz CT molecular complexity index is 177. The van der Waals surface area contributed by atoms with Crippen molar-refractivity contribution < 1.29 is 9.90 Å². The van der Waals surface area contributed by atoms with Crippen LogP contribution in [0.15, 0.2) is 12.3 Å². The predicted molar refractivity (Wildman–Crippen MR) is 46.8 cm³/mol. The van der Waals surface area contributed by atoms with Crippen LogP contribution in [0.4, 0.5) is 0 Å². The van der Waals surface area contributed by atoms with E-state index < -0.39 is 5.97 Å². The molecule has 0 aromatic carbocycles. The molecule has 0 amide bonds. The second kappa shape index (κ2) is 4.80. The van der Waals surface area contributed by atoms with Crippen molar-refractivity contribution in [3.05, 3.63) is 12.3 Å². The Labute approximate surface area is 72.5 Å². The molecule has 0 bridgehead atoms. The monoisotopic (exact) mass is 169 g/mol. The third kappa shape index (κ3) is 3.42. The van der Waals surface area contributed by atoms with Crippen molar-refractivity contribution in [2.75, 3.05) is 0 Å². The second-order valence-electron chi connectivity index (χ2n) is 3.13. The summed E-state index contributed by atoms with van der Waals surface area (Å²) < 4.78 is 0. The number of carboxylic acids is 1. The molecule has 1 unspecified atom stereocenters. The summed E-state index contributed by atoms with van der Waals surface area (Å²) in [4.78, 5) is 10.2. The smallest absolute Gasteiger partial charge is 0.303 e. The average molecular weight is 169 g/mol. The average Bonchev–Trinajstić information content (AvgIpc) is 2.05. The summed E-state index contributed by atoms with van der Waals surface area (Å²) in [5, 5.41) is 11.6. The molecule has 3 heteroatoms.